The predicted octanol–water partition coefficient (Wildman–Crippen LogP) is 3.17. The van der Waals surface area contributed by atoms with Crippen molar-refractivity contribution in [2.75, 3.05) is 14.2 Å². The first-order valence-electron chi connectivity index (χ1n) is 5.81. The standard InChI is InChI=1S/C7H5ClN2O.C7H6ClNO2/c1-11-7-5(4-9)6(8)2-3-10-7;1-11-7-5(4-10)6(8)2-3-9-7/h2-3H,1H3;2-4H,1H3. The summed E-state index contributed by atoms with van der Waals surface area (Å²) in [6.07, 6.45) is 3.59. The minimum Gasteiger partial charge on any atom is -0.480 e. The Morgan fingerprint density at radius 3 is 2.05 bits per heavy atom. The molecule has 0 aliphatic heterocycles. The van der Waals surface area contributed by atoms with Gasteiger partial charge in [0.15, 0.2) is 6.29 Å². The van der Waals surface area contributed by atoms with Gasteiger partial charge in [-0.2, -0.15) is 5.26 Å². The molecule has 114 valence electrons. The number of halogens is 2. The van der Waals surface area contributed by atoms with Gasteiger partial charge in [-0.1, -0.05) is 23.2 Å². The number of carbonyl (C=O) groups excluding carboxylic acids is 1. The van der Waals surface area contributed by atoms with Crippen molar-refractivity contribution in [3.63, 3.8) is 0 Å². The summed E-state index contributed by atoms with van der Waals surface area (Å²) in [4.78, 5) is 18.0. The smallest absolute Gasteiger partial charge is 0.232 e. The molecule has 0 spiro atoms. The van der Waals surface area contributed by atoms with Gasteiger partial charge < -0.3 is 9.47 Å². The lowest BCUT2D eigenvalue weighted by Crippen LogP contribution is -1.93. The first kappa shape index (κ1) is 17.7. The molecule has 0 N–H and O–H groups in total. The maximum Gasteiger partial charge on any atom is 0.232 e. The van der Waals surface area contributed by atoms with E-state index in [9.17, 15) is 4.79 Å². The van der Waals surface area contributed by atoms with Crippen LogP contribution >= 0.6 is 23.2 Å². The van der Waals surface area contributed by atoms with Gasteiger partial charge in [-0.3, -0.25) is 4.79 Å². The zero-order valence-electron chi connectivity index (χ0n) is 11.7. The molecule has 0 aromatic carbocycles. The van der Waals surface area contributed by atoms with Crippen molar-refractivity contribution in [1.29, 1.82) is 5.26 Å². The zero-order chi connectivity index (χ0) is 16.5. The third kappa shape index (κ3) is 4.32. The van der Waals surface area contributed by atoms with Crippen LogP contribution in [0.25, 0.3) is 0 Å². The molecule has 8 heteroatoms. The Hall–Kier alpha value is -2.36. The summed E-state index contributed by atoms with van der Waals surface area (Å²) in [6.45, 7) is 0. The third-order valence-corrected chi connectivity index (χ3v) is 3.03. The molecule has 2 aromatic rings. The number of nitrogens with zero attached hydrogens (tertiary/aromatic N) is 3. The van der Waals surface area contributed by atoms with Crippen molar-refractivity contribution in [2.45, 2.75) is 0 Å². The number of carbonyl (C=O) groups is 1. The van der Waals surface area contributed by atoms with Crippen LogP contribution < -0.4 is 9.47 Å². The molecule has 2 rings (SSSR count). The summed E-state index contributed by atoms with van der Waals surface area (Å²) in [7, 11) is 2.88. The van der Waals surface area contributed by atoms with Crippen LogP contribution in [0.4, 0.5) is 0 Å². The summed E-state index contributed by atoms with van der Waals surface area (Å²) >= 11 is 11.3. The fourth-order valence-electron chi connectivity index (χ4n) is 1.38. The molecule has 0 bridgehead atoms. The van der Waals surface area contributed by atoms with Crippen molar-refractivity contribution in [3.8, 4) is 17.8 Å². The van der Waals surface area contributed by atoms with E-state index >= 15 is 0 Å². The lowest BCUT2D eigenvalue weighted by molar-refractivity contribution is 0.112. The van der Waals surface area contributed by atoms with Crippen molar-refractivity contribution < 1.29 is 14.3 Å². The highest BCUT2D eigenvalue weighted by Crippen LogP contribution is 2.22. The molecule has 22 heavy (non-hydrogen) atoms. The lowest BCUT2D eigenvalue weighted by atomic mass is 10.3. The SMILES string of the molecule is COc1nccc(Cl)c1C#N.COc1nccc(Cl)c1C=O. The van der Waals surface area contributed by atoms with Crippen molar-refractivity contribution in [1.82, 2.24) is 9.97 Å². The highest BCUT2D eigenvalue weighted by Gasteiger charge is 2.07. The molecule has 0 unspecified atom stereocenters. The maximum atomic E-state index is 10.4. The van der Waals surface area contributed by atoms with E-state index in [0.29, 0.717) is 16.3 Å². The topological polar surface area (TPSA) is 85.1 Å². The van der Waals surface area contributed by atoms with Gasteiger partial charge in [-0.15, -0.1) is 0 Å². The highest BCUT2D eigenvalue weighted by atomic mass is 35.5. The van der Waals surface area contributed by atoms with Crippen LogP contribution in [-0.4, -0.2) is 30.5 Å². The van der Waals surface area contributed by atoms with Crippen LogP contribution in [0, 0.1) is 11.3 Å². The number of rotatable bonds is 3. The predicted molar refractivity (Wildman–Crippen MR) is 81.7 cm³/mol. The number of pyridine rings is 2. The van der Waals surface area contributed by atoms with Crippen LogP contribution in [0.5, 0.6) is 11.8 Å². The second kappa shape index (κ2) is 8.82. The minimum absolute atomic E-state index is 0.257. The van der Waals surface area contributed by atoms with Crippen molar-refractivity contribution >= 4 is 29.5 Å². The van der Waals surface area contributed by atoms with E-state index in [-0.39, 0.29) is 22.9 Å². The van der Waals surface area contributed by atoms with E-state index in [1.807, 2.05) is 6.07 Å². The number of hydrogen-bond acceptors (Lipinski definition) is 6. The van der Waals surface area contributed by atoms with Gasteiger partial charge in [0.25, 0.3) is 0 Å². The van der Waals surface area contributed by atoms with E-state index < -0.39 is 0 Å². The Balaban J connectivity index is 0.000000220. The molecule has 0 saturated carbocycles. The molecular formula is C14H11Cl2N3O3. The van der Waals surface area contributed by atoms with Gasteiger partial charge in [0.2, 0.25) is 11.8 Å². The maximum absolute atomic E-state index is 10.4. The van der Waals surface area contributed by atoms with Gasteiger partial charge in [-0.05, 0) is 12.1 Å². The Morgan fingerprint density at radius 1 is 1.09 bits per heavy atom. The zero-order valence-corrected chi connectivity index (χ0v) is 13.2. The molecule has 0 atom stereocenters. The molecule has 2 heterocycles. The summed E-state index contributed by atoms with van der Waals surface area (Å²) in [5.74, 6) is 0.521. The molecule has 0 aliphatic rings. The number of aromatic nitrogens is 2. The number of hydrogen-bond donors (Lipinski definition) is 0. The average molecular weight is 340 g/mol. The Labute approximate surface area is 137 Å². The van der Waals surface area contributed by atoms with Gasteiger partial charge in [0.05, 0.1) is 29.8 Å². The largest absolute Gasteiger partial charge is 0.480 e. The van der Waals surface area contributed by atoms with Crippen molar-refractivity contribution in [3.05, 3.63) is 45.7 Å². The van der Waals surface area contributed by atoms with Crippen LogP contribution in [0.1, 0.15) is 15.9 Å². The van der Waals surface area contributed by atoms with E-state index in [2.05, 4.69) is 9.97 Å². The molecular weight excluding hydrogens is 329 g/mol. The minimum atomic E-state index is 0.257. The van der Waals surface area contributed by atoms with Gasteiger partial charge in [-0.25, -0.2) is 9.97 Å². The number of methoxy groups -OCH3 is 2. The molecule has 0 saturated heterocycles. The summed E-state index contributed by atoms with van der Waals surface area (Å²) in [5.41, 5.74) is 0.563. The molecule has 2 aromatic heterocycles. The first-order chi connectivity index (χ1) is 10.6. The molecule has 6 nitrogen and oxygen atoms in total. The normalized spacial score (nSPS) is 9.05. The molecule has 0 fully saturated rings. The Kier molecular flexibility index (Phi) is 7.09. The van der Waals surface area contributed by atoms with E-state index in [1.54, 1.807) is 6.07 Å². The third-order valence-electron chi connectivity index (χ3n) is 2.38. The summed E-state index contributed by atoms with van der Waals surface area (Å²) in [5, 5.41) is 9.29. The molecule has 0 amide bonds. The fraction of sp³-hybridized carbons (Fsp3) is 0.143. The van der Waals surface area contributed by atoms with Gasteiger partial charge in [0, 0.05) is 12.4 Å². The van der Waals surface area contributed by atoms with Crippen LogP contribution in [0.3, 0.4) is 0 Å². The Bertz CT molecular complexity index is 702. The first-order valence-corrected chi connectivity index (χ1v) is 6.56. The average Bonchev–Trinajstić information content (AvgIpc) is 2.54. The Morgan fingerprint density at radius 2 is 1.64 bits per heavy atom. The van der Waals surface area contributed by atoms with E-state index in [0.717, 1.165) is 0 Å². The fourth-order valence-corrected chi connectivity index (χ4v) is 1.74. The second-order valence-corrected chi connectivity index (χ2v) is 4.44. The highest BCUT2D eigenvalue weighted by molar-refractivity contribution is 6.33. The van der Waals surface area contributed by atoms with Crippen molar-refractivity contribution in [2.24, 2.45) is 0 Å². The quantitative estimate of drug-likeness (QED) is 0.798. The lowest BCUT2D eigenvalue weighted by Gasteiger charge is -2.01. The molecule has 0 aliphatic carbocycles. The summed E-state index contributed by atoms with van der Waals surface area (Å²) in [6, 6.07) is 4.98. The van der Waals surface area contributed by atoms with Gasteiger partial charge in [0.1, 0.15) is 11.6 Å². The number of nitriles is 1. The number of ether oxygens (including phenoxy) is 2. The van der Waals surface area contributed by atoms with Gasteiger partial charge >= 0.3 is 0 Å². The van der Waals surface area contributed by atoms with E-state index in [1.165, 1.54) is 32.7 Å². The monoisotopic (exact) mass is 339 g/mol. The second-order valence-electron chi connectivity index (χ2n) is 3.62. The summed E-state index contributed by atoms with van der Waals surface area (Å²) < 4.78 is 9.59. The van der Waals surface area contributed by atoms with Crippen LogP contribution in [0.15, 0.2) is 24.5 Å². The van der Waals surface area contributed by atoms with Crippen LogP contribution in [-0.2, 0) is 0 Å². The van der Waals surface area contributed by atoms with E-state index in [4.69, 9.17) is 37.9 Å². The molecule has 0 radical (unpaired) electrons. The van der Waals surface area contributed by atoms with Crippen LogP contribution in [0.2, 0.25) is 10.0 Å². The number of aldehydes is 1.